The first-order chi connectivity index (χ1) is 12.1. The number of primary amides is 1. The number of benzene rings is 2. The Kier molecular flexibility index (Phi) is 3.47. The number of aromatic nitrogens is 2. The maximum Gasteiger partial charge on any atom is 0.248 e. The molecule has 122 valence electrons. The van der Waals surface area contributed by atoms with Gasteiger partial charge in [0.1, 0.15) is 5.82 Å². The van der Waals surface area contributed by atoms with Crippen molar-refractivity contribution < 1.29 is 4.79 Å². The average molecular weight is 328 g/mol. The minimum atomic E-state index is -0.455. The summed E-state index contributed by atoms with van der Waals surface area (Å²) < 4.78 is 0. The fourth-order valence-corrected chi connectivity index (χ4v) is 2.94. The van der Waals surface area contributed by atoms with Gasteiger partial charge in [0.25, 0.3) is 0 Å². The molecule has 0 aliphatic rings. The summed E-state index contributed by atoms with van der Waals surface area (Å²) in [6.07, 6.45) is 3.61. The van der Waals surface area contributed by atoms with Crippen LogP contribution >= 0.6 is 0 Å². The number of hydrogen-bond donors (Lipinski definition) is 3. The van der Waals surface area contributed by atoms with Crippen molar-refractivity contribution in [2.75, 3.05) is 5.73 Å². The van der Waals surface area contributed by atoms with E-state index in [0.717, 1.165) is 33.2 Å². The van der Waals surface area contributed by atoms with E-state index in [0.29, 0.717) is 11.4 Å². The predicted octanol–water partition coefficient (Wildman–Crippen LogP) is 3.58. The number of anilines is 1. The number of nitrogens with two attached hydrogens (primary N) is 2. The molecule has 1 amide bonds. The number of carbonyl (C=O) groups excluding carboxylic acids is 1. The lowest BCUT2D eigenvalue weighted by Crippen LogP contribution is -2.10. The van der Waals surface area contributed by atoms with Crippen LogP contribution in [0.3, 0.4) is 0 Å². The van der Waals surface area contributed by atoms with Crippen molar-refractivity contribution >= 4 is 22.6 Å². The van der Waals surface area contributed by atoms with Crippen LogP contribution in [0.25, 0.3) is 33.2 Å². The monoisotopic (exact) mass is 328 g/mol. The second-order valence-corrected chi connectivity index (χ2v) is 5.88. The Bertz CT molecular complexity index is 1100. The molecule has 0 bridgehead atoms. The van der Waals surface area contributed by atoms with Gasteiger partial charge in [-0.2, -0.15) is 0 Å². The second kappa shape index (κ2) is 5.79. The number of fused-ring (bicyclic) bond motifs is 1. The van der Waals surface area contributed by atoms with Crippen LogP contribution in [0, 0.1) is 0 Å². The maximum atomic E-state index is 11.4. The Balaban J connectivity index is 1.83. The molecule has 5 heteroatoms. The highest BCUT2D eigenvalue weighted by Crippen LogP contribution is 2.31. The fourth-order valence-electron chi connectivity index (χ4n) is 2.94. The van der Waals surface area contributed by atoms with E-state index >= 15 is 0 Å². The molecule has 4 aromatic rings. The lowest BCUT2D eigenvalue weighted by atomic mass is 9.99. The second-order valence-electron chi connectivity index (χ2n) is 5.88. The van der Waals surface area contributed by atoms with Crippen LogP contribution in [0.5, 0.6) is 0 Å². The zero-order valence-corrected chi connectivity index (χ0v) is 13.4. The van der Waals surface area contributed by atoms with Crippen LogP contribution in [-0.2, 0) is 0 Å². The van der Waals surface area contributed by atoms with Crippen molar-refractivity contribution in [3.8, 4) is 22.3 Å². The van der Waals surface area contributed by atoms with Gasteiger partial charge >= 0.3 is 0 Å². The molecule has 2 aromatic heterocycles. The molecule has 0 radical (unpaired) electrons. The molecule has 0 unspecified atom stereocenters. The summed E-state index contributed by atoms with van der Waals surface area (Å²) in [7, 11) is 0. The van der Waals surface area contributed by atoms with Gasteiger partial charge in [-0.05, 0) is 52.9 Å². The quantitative estimate of drug-likeness (QED) is 0.536. The number of amides is 1. The summed E-state index contributed by atoms with van der Waals surface area (Å²) in [4.78, 5) is 18.9. The number of rotatable bonds is 3. The molecular weight excluding hydrogens is 312 g/mol. The molecule has 0 aliphatic carbocycles. The molecule has 5 nitrogen and oxygen atoms in total. The van der Waals surface area contributed by atoms with Crippen LogP contribution in [0.15, 0.2) is 67.0 Å². The van der Waals surface area contributed by atoms with Crippen LogP contribution in [-0.4, -0.2) is 15.9 Å². The molecule has 5 N–H and O–H groups in total. The van der Waals surface area contributed by atoms with Crippen LogP contribution in [0.4, 0.5) is 5.82 Å². The number of nitrogens with zero attached hydrogens (tertiary/aromatic N) is 1. The fraction of sp³-hybridized carbons (Fsp3) is 0. The Morgan fingerprint density at radius 1 is 0.960 bits per heavy atom. The zero-order valence-electron chi connectivity index (χ0n) is 13.4. The third-order valence-electron chi connectivity index (χ3n) is 4.26. The average Bonchev–Trinajstić information content (AvgIpc) is 3.10. The standard InChI is InChI=1S/C20H16N4O/c21-19-17(13-4-5-18-14(9-13)6-7-23-18)10-16(11-24-19)12-2-1-3-15(8-12)20(22)25/h1-11,23H,(H2,21,24)(H2,22,25). The van der Waals surface area contributed by atoms with Crippen molar-refractivity contribution in [3.63, 3.8) is 0 Å². The highest BCUT2D eigenvalue weighted by Gasteiger charge is 2.09. The molecule has 0 spiro atoms. The summed E-state index contributed by atoms with van der Waals surface area (Å²) in [6.45, 7) is 0. The normalized spacial score (nSPS) is 10.9. The number of carbonyl (C=O) groups is 1. The van der Waals surface area contributed by atoms with Gasteiger partial charge in [0, 0.05) is 34.6 Å². The van der Waals surface area contributed by atoms with E-state index in [1.165, 1.54) is 0 Å². The summed E-state index contributed by atoms with van der Waals surface area (Å²) in [5.41, 5.74) is 16.6. The zero-order chi connectivity index (χ0) is 17.4. The third-order valence-corrected chi connectivity index (χ3v) is 4.26. The molecule has 0 saturated heterocycles. The topological polar surface area (TPSA) is 97.8 Å². The van der Waals surface area contributed by atoms with Crippen molar-refractivity contribution in [1.29, 1.82) is 0 Å². The molecule has 2 heterocycles. The summed E-state index contributed by atoms with van der Waals surface area (Å²) in [6, 6.07) is 17.3. The first-order valence-corrected chi connectivity index (χ1v) is 7.85. The number of nitrogens with one attached hydrogen (secondary N) is 1. The molecule has 0 atom stereocenters. The highest BCUT2D eigenvalue weighted by atomic mass is 16.1. The molecule has 0 fully saturated rings. The Labute approximate surface area is 144 Å². The van der Waals surface area contributed by atoms with E-state index in [1.807, 2.05) is 36.5 Å². The highest BCUT2D eigenvalue weighted by molar-refractivity contribution is 5.94. The summed E-state index contributed by atoms with van der Waals surface area (Å²) in [5, 5.41) is 1.11. The Morgan fingerprint density at radius 3 is 2.68 bits per heavy atom. The van der Waals surface area contributed by atoms with E-state index in [1.54, 1.807) is 24.4 Å². The van der Waals surface area contributed by atoms with Gasteiger partial charge in [-0.1, -0.05) is 18.2 Å². The van der Waals surface area contributed by atoms with Crippen LogP contribution < -0.4 is 11.5 Å². The van der Waals surface area contributed by atoms with Crippen LogP contribution in [0.1, 0.15) is 10.4 Å². The van der Waals surface area contributed by atoms with Crippen LogP contribution in [0.2, 0.25) is 0 Å². The van der Waals surface area contributed by atoms with Crippen molar-refractivity contribution in [2.24, 2.45) is 5.73 Å². The Hall–Kier alpha value is -3.60. The van der Waals surface area contributed by atoms with E-state index in [4.69, 9.17) is 11.5 Å². The largest absolute Gasteiger partial charge is 0.383 e. The minimum absolute atomic E-state index is 0.455. The van der Waals surface area contributed by atoms with Gasteiger partial charge in [0.15, 0.2) is 0 Å². The first-order valence-electron chi connectivity index (χ1n) is 7.85. The smallest absolute Gasteiger partial charge is 0.248 e. The lowest BCUT2D eigenvalue weighted by Gasteiger charge is -2.09. The Morgan fingerprint density at radius 2 is 1.84 bits per heavy atom. The van der Waals surface area contributed by atoms with Crippen molar-refractivity contribution in [2.45, 2.75) is 0 Å². The van der Waals surface area contributed by atoms with Gasteiger partial charge in [-0.15, -0.1) is 0 Å². The SMILES string of the molecule is NC(=O)c1cccc(-c2cnc(N)c(-c3ccc4[nH]ccc4c3)c2)c1. The molecule has 0 aliphatic heterocycles. The number of H-pyrrole nitrogens is 1. The number of hydrogen-bond acceptors (Lipinski definition) is 3. The molecule has 2 aromatic carbocycles. The molecule has 25 heavy (non-hydrogen) atoms. The van der Waals surface area contributed by atoms with E-state index < -0.39 is 5.91 Å². The first kappa shape index (κ1) is 15.0. The number of nitrogen functional groups attached to an aromatic ring is 1. The number of pyridine rings is 1. The van der Waals surface area contributed by atoms with Gasteiger partial charge < -0.3 is 16.5 Å². The van der Waals surface area contributed by atoms with Gasteiger partial charge in [-0.3, -0.25) is 4.79 Å². The van der Waals surface area contributed by atoms with E-state index in [2.05, 4.69) is 16.0 Å². The van der Waals surface area contributed by atoms with E-state index in [9.17, 15) is 4.79 Å². The van der Waals surface area contributed by atoms with Gasteiger partial charge in [0.2, 0.25) is 5.91 Å². The molecule has 4 rings (SSSR count). The lowest BCUT2D eigenvalue weighted by molar-refractivity contribution is 0.100. The summed E-state index contributed by atoms with van der Waals surface area (Å²) >= 11 is 0. The third kappa shape index (κ3) is 2.72. The maximum absolute atomic E-state index is 11.4. The van der Waals surface area contributed by atoms with Crippen molar-refractivity contribution in [1.82, 2.24) is 9.97 Å². The van der Waals surface area contributed by atoms with Gasteiger partial charge in [-0.25, -0.2) is 4.98 Å². The predicted molar refractivity (Wildman–Crippen MR) is 99.9 cm³/mol. The number of aromatic amines is 1. The van der Waals surface area contributed by atoms with Gasteiger partial charge in [0.05, 0.1) is 0 Å². The molecule has 0 saturated carbocycles. The van der Waals surface area contributed by atoms with Crippen molar-refractivity contribution in [3.05, 3.63) is 72.6 Å². The molecular formula is C20H16N4O. The summed E-state index contributed by atoms with van der Waals surface area (Å²) in [5.74, 6) is 0.00748. The van der Waals surface area contributed by atoms with E-state index in [-0.39, 0.29) is 0 Å². The minimum Gasteiger partial charge on any atom is -0.383 e.